The van der Waals surface area contributed by atoms with Crippen molar-refractivity contribution in [2.45, 2.75) is 45.3 Å². The number of rotatable bonds is 7. The van der Waals surface area contributed by atoms with Gasteiger partial charge in [-0.05, 0) is 41.2 Å². The van der Waals surface area contributed by atoms with Gasteiger partial charge in [-0.15, -0.1) is 10.2 Å². The average Bonchev–Trinajstić information content (AvgIpc) is 3.34. The molecule has 0 saturated carbocycles. The SMILES string of the molecule is COCCC(=O)N[C@H](C)c1nnc2n1CCN(Cc1ccc3c(c1)Cc1ccccc1-3)CC2. The van der Waals surface area contributed by atoms with Crippen LogP contribution < -0.4 is 5.32 Å². The molecule has 1 N–H and O–H groups in total. The normalized spacial score (nSPS) is 15.9. The molecule has 1 aromatic heterocycles. The molecule has 1 aliphatic heterocycles. The van der Waals surface area contributed by atoms with Crippen molar-refractivity contribution in [2.24, 2.45) is 0 Å². The summed E-state index contributed by atoms with van der Waals surface area (Å²) in [5.41, 5.74) is 6.97. The summed E-state index contributed by atoms with van der Waals surface area (Å²) in [5.74, 6) is 1.79. The number of nitrogens with one attached hydrogen (secondary N) is 1. The molecule has 1 amide bonds. The summed E-state index contributed by atoms with van der Waals surface area (Å²) in [4.78, 5) is 14.6. The monoisotopic (exact) mass is 445 g/mol. The summed E-state index contributed by atoms with van der Waals surface area (Å²) in [5, 5.41) is 11.8. The van der Waals surface area contributed by atoms with E-state index in [9.17, 15) is 4.79 Å². The van der Waals surface area contributed by atoms with Crippen molar-refractivity contribution < 1.29 is 9.53 Å². The van der Waals surface area contributed by atoms with Crippen molar-refractivity contribution in [1.29, 1.82) is 0 Å². The Balaban J connectivity index is 1.23. The Labute approximate surface area is 194 Å². The number of benzene rings is 2. The Kier molecular flexibility index (Phi) is 6.24. The van der Waals surface area contributed by atoms with Crippen molar-refractivity contribution >= 4 is 5.91 Å². The first-order valence-electron chi connectivity index (χ1n) is 11.7. The van der Waals surface area contributed by atoms with Crippen LogP contribution in [0, 0.1) is 0 Å². The van der Waals surface area contributed by atoms with Crippen LogP contribution in [0.5, 0.6) is 0 Å². The lowest BCUT2D eigenvalue weighted by Crippen LogP contribution is -2.30. The van der Waals surface area contributed by atoms with Gasteiger partial charge in [0, 0.05) is 46.1 Å². The first-order chi connectivity index (χ1) is 16.1. The Morgan fingerprint density at radius 2 is 1.94 bits per heavy atom. The number of amides is 1. The third kappa shape index (κ3) is 4.56. The Morgan fingerprint density at radius 1 is 1.09 bits per heavy atom. The smallest absolute Gasteiger partial charge is 0.222 e. The number of hydrogen-bond donors (Lipinski definition) is 1. The van der Waals surface area contributed by atoms with Gasteiger partial charge in [0.2, 0.25) is 5.91 Å². The summed E-state index contributed by atoms with van der Waals surface area (Å²) in [6.45, 7) is 6.02. The number of fused-ring (bicyclic) bond motifs is 4. The number of aromatic nitrogens is 3. The molecule has 1 aliphatic carbocycles. The van der Waals surface area contributed by atoms with E-state index in [0.717, 1.165) is 50.7 Å². The van der Waals surface area contributed by atoms with Crippen LogP contribution in [0.4, 0.5) is 0 Å². The van der Waals surface area contributed by atoms with Crippen molar-refractivity contribution in [3.63, 3.8) is 0 Å². The number of hydrogen-bond acceptors (Lipinski definition) is 5. The van der Waals surface area contributed by atoms with Gasteiger partial charge in [-0.25, -0.2) is 0 Å². The second kappa shape index (κ2) is 9.45. The Morgan fingerprint density at radius 3 is 2.82 bits per heavy atom. The van der Waals surface area contributed by atoms with Crippen molar-refractivity contribution in [1.82, 2.24) is 25.0 Å². The van der Waals surface area contributed by atoms with E-state index < -0.39 is 0 Å². The average molecular weight is 446 g/mol. The minimum Gasteiger partial charge on any atom is -0.384 e. The van der Waals surface area contributed by atoms with E-state index in [1.165, 1.54) is 27.8 Å². The van der Waals surface area contributed by atoms with Crippen LogP contribution in [0.2, 0.25) is 0 Å². The maximum atomic E-state index is 12.1. The number of nitrogens with zero attached hydrogens (tertiary/aromatic N) is 4. The van der Waals surface area contributed by atoms with Gasteiger partial charge in [0.25, 0.3) is 0 Å². The summed E-state index contributed by atoms with van der Waals surface area (Å²) in [7, 11) is 1.60. The molecule has 7 heteroatoms. The highest BCUT2D eigenvalue weighted by molar-refractivity contribution is 5.77. The lowest BCUT2D eigenvalue weighted by molar-refractivity contribution is -0.122. The molecule has 0 bridgehead atoms. The Bertz CT molecular complexity index is 1160. The predicted octanol–water partition coefficient (Wildman–Crippen LogP) is 3.12. The molecular formula is C26H31N5O2. The number of ether oxygens (including phenoxy) is 1. The summed E-state index contributed by atoms with van der Waals surface area (Å²) in [6, 6.07) is 15.5. The molecule has 172 valence electrons. The zero-order chi connectivity index (χ0) is 22.8. The molecule has 0 unspecified atom stereocenters. The fourth-order valence-electron chi connectivity index (χ4n) is 5.00. The lowest BCUT2D eigenvalue weighted by Gasteiger charge is -2.20. The molecule has 0 radical (unpaired) electrons. The molecule has 0 fully saturated rings. The van der Waals surface area contributed by atoms with Crippen molar-refractivity contribution in [3.8, 4) is 11.1 Å². The summed E-state index contributed by atoms with van der Waals surface area (Å²) >= 11 is 0. The summed E-state index contributed by atoms with van der Waals surface area (Å²) in [6.07, 6.45) is 2.23. The van der Waals surface area contributed by atoms with Gasteiger partial charge < -0.3 is 14.6 Å². The minimum absolute atomic E-state index is 0.0318. The van der Waals surface area contributed by atoms with Crippen LogP contribution in [0.1, 0.15) is 47.7 Å². The zero-order valence-corrected chi connectivity index (χ0v) is 19.4. The molecule has 7 nitrogen and oxygen atoms in total. The molecule has 33 heavy (non-hydrogen) atoms. The number of carbonyl (C=O) groups excluding carboxylic acids is 1. The third-order valence-corrected chi connectivity index (χ3v) is 6.71. The molecule has 2 aromatic carbocycles. The molecule has 2 aliphatic rings. The van der Waals surface area contributed by atoms with Crippen LogP contribution in [-0.4, -0.2) is 52.4 Å². The molecule has 1 atom stereocenters. The second-order valence-corrected chi connectivity index (χ2v) is 9.01. The van der Waals surface area contributed by atoms with Crippen LogP contribution in [-0.2, 0) is 35.5 Å². The predicted molar refractivity (Wildman–Crippen MR) is 127 cm³/mol. The molecule has 3 aromatic rings. The van der Waals surface area contributed by atoms with E-state index in [4.69, 9.17) is 4.74 Å². The third-order valence-electron chi connectivity index (χ3n) is 6.71. The molecule has 0 saturated heterocycles. The van der Waals surface area contributed by atoms with Gasteiger partial charge in [-0.2, -0.15) is 0 Å². The highest BCUT2D eigenvalue weighted by atomic mass is 16.5. The van der Waals surface area contributed by atoms with Crippen LogP contribution in [0.3, 0.4) is 0 Å². The minimum atomic E-state index is -0.180. The highest BCUT2D eigenvalue weighted by Crippen LogP contribution is 2.36. The maximum absolute atomic E-state index is 12.1. The van der Waals surface area contributed by atoms with Crippen molar-refractivity contribution in [3.05, 3.63) is 70.8 Å². The lowest BCUT2D eigenvalue weighted by atomic mass is 10.0. The van der Waals surface area contributed by atoms with E-state index in [1.54, 1.807) is 7.11 Å². The molecule has 2 heterocycles. The largest absolute Gasteiger partial charge is 0.384 e. The topological polar surface area (TPSA) is 72.3 Å². The van der Waals surface area contributed by atoms with E-state index in [2.05, 4.69) is 67.4 Å². The molecule has 5 rings (SSSR count). The van der Waals surface area contributed by atoms with Gasteiger partial charge in [-0.3, -0.25) is 9.69 Å². The maximum Gasteiger partial charge on any atom is 0.222 e. The van der Waals surface area contributed by atoms with Gasteiger partial charge in [0.1, 0.15) is 5.82 Å². The van der Waals surface area contributed by atoms with Crippen LogP contribution in [0.15, 0.2) is 42.5 Å². The van der Waals surface area contributed by atoms with Gasteiger partial charge in [0.15, 0.2) is 5.82 Å². The van der Waals surface area contributed by atoms with E-state index in [1.807, 2.05) is 6.92 Å². The quantitative estimate of drug-likeness (QED) is 0.473. The number of methoxy groups -OCH3 is 1. The van der Waals surface area contributed by atoms with E-state index in [-0.39, 0.29) is 11.9 Å². The Hall–Kier alpha value is -3.03. The van der Waals surface area contributed by atoms with E-state index >= 15 is 0 Å². The standard InChI is InChI=1S/C26H31N5O2/c1-18(27-25(32)10-14-33-2)26-29-28-24-9-11-30(12-13-31(24)26)17-19-7-8-23-21(15-19)16-20-5-3-4-6-22(20)23/h3-8,15,18H,9-14,16-17H2,1-2H3,(H,27,32)/t18-/m1/s1. The van der Waals surface area contributed by atoms with Gasteiger partial charge >= 0.3 is 0 Å². The fraction of sp³-hybridized carbons (Fsp3) is 0.423. The van der Waals surface area contributed by atoms with Crippen molar-refractivity contribution in [2.75, 3.05) is 26.8 Å². The highest BCUT2D eigenvalue weighted by Gasteiger charge is 2.23. The zero-order valence-electron chi connectivity index (χ0n) is 19.4. The second-order valence-electron chi connectivity index (χ2n) is 9.01. The summed E-state index contributed by atoms with van der Waals surface area (Å²) < 4.78 is 7.17. The fourth-order valence-corrected chi connectivity index (χ4v) is 5.00. The number of carbonyl (C=O) groups is 1. The van der Waals surface area contributed by atoms with Gasteiger partial charge in [-0.1, -0.05) is 42.5 Å². The first-order valence-corrected chi connectivity index (χ1v) is 11.7. The first kappa shape index (κ1) is 21.8. The van der Waals surface area contributed by atoms with Crippen LogP contribution in [0.25, 0.3) is 11.1 Å². The van der Waals surface area contributed by atoms with E-state index in [0.29, 0.717) is 13.0 Å². The van der Waals surface area contributed by atoms with Gasteiger partial charge in [0.05, 0.1) is 12.6 Å². The van der Waals surface area contributed by atoms with Crippen LogP contribution >= 0.6 is 0 Å². The molecular weight excluding hydrogens is 414 g/mol. The molecule has 0 spiro atoms.